The number of amides is 1. The maximum absolute atomic E-state index is 12.9. The van der Waals surface area contributed by atoms with Crippen LogP contribution in [0.3, 0.4) is 0 Å². The minimum absolute atomic E-state index is 0.0466. The predicted octanol–water partition coefficient (Wildman–Crippen LogP) is 3.61. The fourth-order valence-corrected chi connectivity index (χ4v) is 3.39. The van der Waals surface area contributed by atoms with Gasteiger partial charge in [0.05, 0.1) is 11.9 Å². The summed E-state index contributed by atoms with van der Waals surface area (Å²) in [5.74, 6) is 0.0466. The zero-order valence-electron chi connectivity index (χ0n) is 16.6. The lowest BCUT2D eigenvalue weighted by Gasteiger charge is -2.29. The molecule has 1 unspecified atom stereocenters. The van der Waals surface area contributed by atoms with Gasteiger partial charge in [-0.1, -0.05) is 62.4 Å². The Bertz CT molecular complexity index is 857. The average Bonchev–Trinajstić information content (AvgIpc) is 3.22. The van der Waals surface area contributed by atoms with E-state index in [4.69, 9.17) is 0 Å². The third kappa shape index (κ3) is 4.87. The van der Waals surface area contributed by atoms with Gasteiger partial charge in [0.2, 0.25) is 5.91 Å². The monoisotopic (exact) mass is 376 g/mol. The molecule has 1 aromatic heterocycles. The van der Waals surface area contributed by atoms with Crippen LogP contribution in [-0.4, -0.2) is 40.2 Å². The summed E-state index contributed by atoms with van der Waals surface area (Å²) in [5, 5.41) is 7.53. The zero-order valence-corrected chi connectivity index (χ0v) is 16.6. The van der Waals surface area contributed by atoms with Crippen LogP contribution in [0.1, 0.15) is 31.0 Å². The molecule has 0 radical (unpaired) electrons. The van der Waals surface area contributed by atoms with E-state index in [0.29, 0.717) is 6.54 Å². The van der Waals surface area contributed by atoms with Crippen LogP contribution < -0.4 is 5.32 Å². The molecule has 0 saturated carbocycles. The summed E-state index contributed by atoms with van der Waals surface area (Å²) in [4.78, 5) is 15.1. The zero-order chi connectivity index (χ0) is 19.8. The van der Waals surface area contributed by atoms with Crippen LogP contribution >= 0.6 is 0 Å². The number of carbonyl (C=O) groups excluding carboxylic acids is 1. The second kappa shape index (κ2) is 9.85. The van der Waals surface area contributed by atoms with Gasteiger partial charge in [-0.25, -0.2) is 4.68 Å². The van der Waals surface area contributed by atoms with E-state index in [1.807, 2.05) is 77.7 Å². The SMILES string of the molecule is CCN(CC)C(C(=O)NCCc1cnn(-c2ccccc2)c1)c1ccccc1. The first-order chi connectivity index (χ1) is 13.7. The quantitative estimate of drug-likeness (QED) is 0.621. The van der Waals surface area contributed by atoms with Crippen molar-refractivity contribution in [3.05, 3.63) is 84.2 Å². The molecule has 2 aromatic carbocycles. The van der Waals surface area contributed by atoms with Gasteiger partial charge in [0.1, 0.15) is 6.04 Å². The van der Waals surface area contributed by atoms with Crippen LogP contribution in [0.15, 0.2) is 73.1 Å². The molecule has 3 rings (SSSR count). The van der Waals surface area contributed by atoms with Crippen molar-refractivity contribution in [2.75, 3.05) is 19.6 Å². The number of likely N-dealkylation sites (N-methyl/N-ethyl adjacent to an activating group) is 1. The third-order valence-corrected chi connectivity index (χ3v) is 4.91. The molecule has 0 fully saturated rings. The molecule has 1 atom stereocenters. The molecule has 0 aliphatic carbocycles. The topological polar surface area (TPSA) is 50.2 Å². The number of rotatable bonds is 9. The molecule has 5 heteroatoms. The number of hydrogen-bond acceptors (Lipinski definition) is 3. The van der Waals surface area contributed by atoms with E-state index in [2.05, 4.69) is 29.2 Å². The van der Waals surface area contributed by atoms with Gasteiger partial charge in [0.25, 0.3) is 0 Å². The highest BCUT2D eigenvalue weighted by atomic mass is 16.2. The Morgan fingerprint density at radius 3 is 2.32 bits per heavy atom. The third-order valence-electron chi connectivity index (χ3n) is 4.91. The summed E-state index contributed by atoms with van der Waals surface area (Å²) in [6.45, 7) is 6.42. The van der Waals surface area contributed by atoms with E-state index in [-0.39, 0.29) is 11.9 Å². The molecule has 5 nitrogen and oxygen atoms in total. The first-order valence-electron chi connectivity index (χ1n) is 9.88. The lowest BCUT2D eigenvalue weighted by Crippen LogP contribution is -2.41. The van der Waals surface area contributed by atoms with Gasteiger partial charge >= 0.3 is 0 Å². The Morgan fingerprint density at radius 1 is 1.04 bits per heavy atom. The lowest BCUT2D eigenvalue weighted by molar-refractivity contribution is -0.126. The Morgan fingerprint density at radius 2 is 1.68 bits per heavy atom. The van der Waals surface area contributed by atoms with Gasteiger partial charge in [-0.2, -0.15) is 5.10 Å². The highest BCUT2D eigenvalue weighted by Gasteiger charge is 2.25. The first-order valence-corrected chi connectivity index (χ1v) is 9.88. The van der Waals surface area contributed by atoms with Crippen LogP contribution in [0.5, 0.6) is 0 Å². The number of carbonyl (C=O) groups is 1. The average molecular weight is 377 g/mol. The molecule has 3 aromatic rings. The first kappa shape index (κ1) is 19.8. The van der Waals surface area contributed by atoms with Crippen molar-refractivity contribution >= 4 is 5.91 Å². The van der Waals surface area contributed by atoms with Crippen molar-refractivity contribution in [2.45, 2.75) is 26.3 Å². The van der Waals surface area contributed by atoms with Crippen LogP contribution in [0.25, 0.3) is 5.69 Å². The number of hydrogen-bond donors (Lipinski definition) is 1. The fourth-order valence-electron chi connectivity index (χ4n) is 3.39. The highest BCUT2D eigenvalue weighted by molar-refractivity contribution is 5.83. The molecule has 146 valence electrons. The van der Waals surface area contributed by atoms with Crippen molar-refractivity contribution < 1.29 is 4.79 Å². The number of nitrogens with one attached hydrogen (secondary N) is 1. The van der Waals surface area contributed by atoms with Gasteiger partial charge in [0, 0.05) is 12.7 Å². The van der Waals surface area contributed by atoms with Gasteiger partial charge in [-0.15, -0.1) is 0 Å². The van der Waals surface area contributed by atoms with E-state index < -0.39 is 0 Å². The van der Waals surface area contributed by atoms with Gasteiger partial charge < -0.3 is 5.32 Å². The van der Waals surface area contributed by atoms with E-state index in [1.165, 1.54) is 0 Å². The van der Waals surface area contributed by atoms with Crippen molar-refractivity contribution in [1.29, 1.82) is 0 Å². The Balaban J connectivity index is 1.61. The Kier molecular flexibility index (Phi) is 6.98. The van der Waals surface area contributed by atoms with Crippen molar-refractivity contribution in [3.8, 4) is 5.69 Å². The Hall–Kier alpha value is -2.92. The molecule has 28 heavy (non-hydrogen) atoms. The van der Waals surface area contributed by atoms with E-state index in [1.54, 1.807) is 0 Å². The molecular formula is C23H28N4O. The largest absolute Gasteiger partial charge is 0.354 e. The summed E-state index contributed by atoms with van der Waals surface area (Å²) in [6, 6.07) is 19.7. The number of nitrogens with zero attached hydrogens (tertiary/aromatic N) is 3. The fraction of sp³-hybridized carbons (Fsp3) is 0.304. The molecule has 1 N–H and O–H groups in total. The molecule has 0 spiro atoms. The van der Waals surface area contributed by atoms with Gasteiger partial charge in [0.15, 0.2) is 0 Å². The van der Waals surface area contributed by atoms with E-state index >= 15 is 0 Å². The maximum Gasteiger partial charge on any atom is 0.241 e. The van der Waals surface area contributed by atoms with Gasteiger partial charge in [-0.3, -0.25) is 9.69 Å². The van der Waals surface area contributed by atoms with Crippen LogP contribution in [-0.2, 0) is 11.2 Å². The van der Waals surface area contributed by atoms with Crippen molar-refractivity contribution in [2.24, 2.45) is 0 Å². The molecule has 0 saturated heterocycles. The van der Waals surface area contributed by atoms with E-state index in [0.717, 1.165) is 36.3 Å². The molecule has 0 aliphatic heterocycles. The van der Waals surface area contributed by atoms with Crippen molar-refractivity contribution in [3.63, 3.8) is 0 Å². The molecule has 1 amide bonds. The van der Waals surface area contributed by atoms with Crippen molar-refractivity contribution in [1.82, 2.24) is 20.0 Å². The molecular weight excluding hydrogens is 348 g/mol. The number of aromatic nitrogens is 2. The lowest BCUT2D eigenvalue weighted by atomic mass is 10.0. The normalized spacial score (nSPS) is 12.1. The minimum Gasteiger partial charge on any atom is -0.354 e. The Labute approximate surface area is 167 Å². The number of benzene rings is 2. The second-order valence-electron chi connectivity index (χ2n) is 6.70. The van der Waals surface area contributed by atoms with Crippen LogP contribution in [0.2, 0.25) is 0 Å². The summed E-state index contributed by atoms with van der Waals surface area (Å²) in [6.07, 6.45) is 4.62. The summed E-state index contributed by atoms with van der Waals surface area (Å²) >= 11 is 0. The number of para-hydroxylation sites is 1. The van der Waals surface area contributed by atoms with Crippen LogP contribution in [0, 0.1) is 0 Å². The summed E-state index contributed by atoms with van der Waals surface area (Å²) in [5.41, 5.74) is 3.16. The highest BCUT2D eigenvalue weighted by Crippen LogP contribution is 2.20. The second-order valence-corrected chi connectivity index (χ2v) is 6.70. The predicted molar refractivity (Wildman–Crippen MR) is 112 cm³/mol. The maximum atomic E-state index is 12.9. The molecule has 0 aliphatic rings. The minimum atomic E-state index is -0.261. The summed E-state index contributed by atoms with van der Waals surface area (Å²) in [7, 11) is 0. The van der Waals surface area contributed by atoms with Crippen LogP contribution in [0.4, 0.5) is 0 Å². The standard InChI is InChI=1S/C23H28N4O/c1-3-26(4-2)22(20-11-7-5-8-12-20)23(28)24-16-15-19-17-25-27(18-19)21-13-9-6-10-14-21/h5-14,17-18,22H,3-4,15-16H2,1-2H3,(H,24,28). The molecule has 1 heterocycles. The summed E-state index contributed by atoms with van der Waals surface area (Å²) < 4.78 is 1.86. The van der Waals surface area contributed by atoms with Gasteiger partial charge in [-0.05, 0) is 42.8 Å². The smallest absolute Gasteiger partial charge is 0.241 e. The van der Waals surface area contributed by atoms with E-state index in [9.17, 15) is 4.79 Å². The molecule has 0 bridgehead atoms.